The molecule has 9 heteroatoms. The highest BCUT2D eigenvalue weighted by molar-refractivity contribution is 5.74. The molecule has 1 aromatic heterocycles. The van der Waals surface area contributed by atoms with Gasteiger partial charge < -0.3 is 24.2 Å². The molecule has 1 amide bonds. The van der Waals surface area contributed by atoms with Crippen molar-refractivity contribution in [1.82, 2.24) is 14.8 Å². The van der Waals surface area contributed by atoms with Crippen molar-refractivity contribution in [3.63, 3.8) is 0 Å². The van der Waals surface area contributed by atoms with Gasteiger partial charge in [-0.25, -0.2) is 14.8 Å². The van der Waals surface area contributed by atoms with Crippen LogP contribution in [0.15, 0.2) is 11.2 Å². The van der Waals surface area contributed by atoms with Crippen LogP contribution in [-0.4, -0.2) is 79.2 Å². The van der Waals surface area contributed by atoms with Crippen molar-refractivity contribution < 1.29 is 14.3 Å². The summed E-state index contributed by atoms with van der Waals surface area (Å²) in [7, 11) is 5.62. The number of ether oxygens (including phenoxy) is 2. The lowest BCUT2D eigenvalue weighted by molar-refractivity contribution is 0.00593. The second-order valence-electron chi connectivity index (χ2n) is 8.54. The molecule has 3 rings (SSSR count). The van der Waals surface area contributed by atoms with Crippen molar-refractivity contribution in [2.24, 2.45) is 4.99 Å². The van der Waals surface area contributed by atoms with Crippen LogP contribution in [0.1, 0.15) is 32.8 Å². The molecule has 0 bridgehead atoms. The highest BCUT2D eigenvalue weighted by Crippen LogP contribution is 2.41. The second-order valence-corrected chi connectivity index (χ2v) is 8.54. The molecule has 156 valence electrons. The number of anilines is 1. The summed E-state index contributed by atoms with van der Waals surface area (Å²) in [6.45, 7) is 6.57. The largest absolute Gasteiger partial charge is 0.483 e. The van der Waals surface area contributed by atoms with Crippen LogP contribution in [0.5, 0.6) is 5.75 Å². The molecule has 0 spiro atoms. The van der Waals surface area contributed by atoms with Crippen LogP contribution >= 0.6 is 0 Å². The number of aliphatic imine (C=N–C) groups is 1. The van der Waals surface area contributed by atoms with Gasteiger partial charge in [-0.05, 0) is 20.8 Å². The van der Waals surface area contributed by atoms with E-state index in [0.717, 1.165) is 0 Å². The normalized spacial score (nSPS) is 21.1. The van der Waals surface area contributed by atoms with Crippen LogP contribution in [-0.2, 0) is 4.74 Å². The first-order valence-corrected chi connectivity index (χ1v) is 9.62. The Hall–Kier alpha value is -3.02. The number of likely N-dealkylation sites (N-methyl/N-ethyl adjacent to an activating group) is 1. The lowest BCUT2D eigenvalue weighted by Gasteiger charge is -2.46. The third-order valence-corrected chi connectivity index (χ3v) is 4.81. The second kappa shape index (κ2) is 7.78. The van der Waals surface area contributed by atoms with E-state index >= 15 is 0 Å². The van der Waals surface area contributed by atoms with Gasteiger partial charge in [0.05, 0.1) is 18.6 Å². The molecular formula is C20H28N6O3. The maximum atomic E-state index is 12.5. The molecule has 3 heterocycles. The molecule has 1 aromatic rings. The zero-order valence-electron chi connectivity index (χ0n) is 17.8. The minimum Gasteiger partial charge on any atom is -0.483 e. The number of nitriles is 1. The molecule has 2 atom stereocenters. The van der Waals surface area contributed by atoms with Gasteiger partial charge >= 0.3 is 6.09 Å². The predicted molar refractivity (Wildman–Crippen MR) is 110 cm³/mol. The summed E-state index contributed by atoms with van der Waals surface area (Å²) in [5, 5.41) is 9.71. The van der Waals surface area contributed by atoms with Gasteiger partial charge in [0.25, 0.3) is 0 Å². The Labute approximate surface area is 171 Å². The fraction of sp³-hybridized carbons (Fsp3) is 0.600. The van der Waals surface area contributed by atoms with Crippen molar-refractivity contribution in [1.29, 1.82) is 5.26 Å². The molecule has 2 aliphatic rings. The van der Waals surface area contributed by atoms with Gasteiger partial charge in [0.2, 0.25) is 0 Å². The Kier molecular flexibility index (Phi) is 5.55. The van der Waals surface area contributed by atoms with Crippen LogP contribution in [0, 0.1) is 11.3 Å². The number of carbonyl (C=O) groups is 1. The summed E-state index contributed by atoms with van der Waals surface area (Å²) in [6, 6.07) is 2.14. The standard InChI is InChI=1S/C20H28N6O3/c1-20(2,3)29-19(27)26-8-7-16-15(11-26)25(6)18-17(28-16)13(9-21)14(10-22-18)23-12-24(4)5/h10,12,15-16H,7-8,11H2,1-6H3/t15-,16-/m1/s1. The Bertz CT molecular complexity index is 855. The summed E-state index contributed by atoms with van der Waals surface area (Å²) in [5.74, 6) is 1.04. The number of rotatable bonds is 2. The first-order chi connectivity index (χ1) is 13.6. The number of likely N-dealkylation sites (tertiary alicyclic amines) is 1. The number of pyridine rings is 1. The molecule has 2 aliphatic heterocycles. The fourth-order valence-electron chi connectivity index (χ4n) is 3.44. The molecule has 1 saturated heterocycles. The number of carbonyl (C=O) groups excluding carboxylic acids is 1. The number of hydrogen-bond donors (Lipinski definition) is 0. The maximum Gasteiger partial charge on any atom is 0.410 e. The van der Waals surface area contributed by atoms with Gasteiger partial charge in [-0.3, -0.25) is 0 Å². The van der Waals surface area contributed by atoms with Gasteiger partial charge in [-0.1, -0.05) is 0 Å². The SMILES string of the molecule is CN(C)C=Nc1cnc2c(c1C#N)O[C@@H]1CCN(C(=O)OC(C)(C)C)C[C@H]1N2C. The van der Waals surface area contributed by atoms with Crippen molar-refractivity contribution in [2.75, 3.05) is 39.1 Å². The number of nitrogens with zero attached hydrogens (tertiary/aromatic N) is 6. The van der Waals surface area contributed by atoms with Crippen LogP contribution in [0.4, 0.5) is 16.3 Å². The van der Waals surface area contributed by atoms with Gasteiger partial charge in [0, 0.05) is 40.7 Å². The number of fused-ring (bicyclic) bond motifs is 2. The van der Waals surface area contributed by atoms with E-state index in [9.17, 15) is 10.1 Å². The summed E-state index contributed by atoms with van der Waals surface area (Å²) >= 11 is 0. The lowest BCUT2D eigenvalue weighted by Crippen LogP contribution is -2.60. The third kappa shape index (κ3) is 4.36. The summed E-state index contributed by atoms with van der Waals surface area (Å²) in [6.07, 6.45) is 3.37. The average Bonchev–Trinajstić information content (AvgIpc) is 2.64. The molecule has 9 nitrogen and oxygen atoms in total. The summed E-state index contributed by atoms with van der Waals surface area (Å²) < 4.78 is 11.7. The molecule has 29 heavy (non-hydrogen) atoms. The van der Waals surface area contributed by atoms with Crippen molar-refractivity contribution in [3.05, 3.63) is 11.8 Å². The topological polar surface area (TPSA) is 94.3 Å². The molecule has 0 aliphatic carbocycles. The zero-order chi connectivity index (χ0) is 21.3. The average molecular weight is 400 g/mol. The van der Waals surface area contributed by atoms with Crippen molar-refractivity contribution in [3.8, 4) is 11.8 Å². The predicted octanol–water partition coefficient (Wildman–Crippen LogP) is 2.38. The van der Waals surface area contributed by atoms with Gasteiger partial charge in [-0.2, -0.15) is 5.26 Å². The Morgan fingerprint density at radius 2 is 2.21 bits per heavy atom. The molecule has 0 unspecified atom stereocenters. The Morgan fingerprint density at radius 3 is 2.83 bits per heavy atom. The maximum absolute atomic E-state index is 12.5. The van der Waals surface area contributed by atoms with E-state index in [1.165, 1.54) is 0 Å². The van der Waals surface area contributed by atoms with E-state index < -0.39 is 5.60 Å². The van der Waals surface area contributed by atoms with Crippen LogP contribution in [0.2, 0.25) is 0 Å². The summed E-state index contributed by atoms with van der Waals surface area (Å²) in [5.41, 5.74) is 0.299. The number of piperidine rings is 1. The molecule has 0 saturated carbocycles. The van der Waals surface area contributed by atoms with E-state index in [2.05, 4.69) is 16.0 Å². The quantitative estimate of drug-likeness (QED) is 0.556. The molecule has 1 fully saturated rings. The van der Waals surface area contributed by atoms with E-state index in [0.29, 0.717) is 42.3 Å². The highest BCUT2D eigenvalue weighted by atomic mass is 16.6. The number of hydrogen-bond acceptors (Lipinski definition) is 7. The highest BCUT2D eigenvalue weighted by Gasteiger charge is 2.42. The first-order valence-electron chi connectivity index (χ1n) is 9.62. The van der Waals surface area contributed by atoms with E-state index in [1.54, 1.807) is 22.3 Å². The van der Waals surface area contributed by atoms with E-state index in [-0.39, 0.29) is 18.2 Å². The summed E-state index contributed by atoms with van der Waals surface area (Å²) in [4.78, 5) is 26.8. The molecular weight excluding hydrogens is 372 g/mol. The minimum absolute atomic E-state index is 0.0704. The van der Waals surface area contributed by atoms with Crippen LogP contribution in [0.25, 0.3) is 0 Å². The van der Waals surface area contributed by atoms with Crippen LogP contribution in [0.3, 0.4) is 0 Å². The fourth-order valence-corrected chi connectivity index (χ4v) is 3.44. The smallest absolute Gasteiger partial charge is 0.410 e. The Balaban J connectivity index is 1.86. The molecule has 0 N–H and O–H groups in total. The van der Waals surface area contributed by atoms with Gasteiger partial charge in [-0.15, -0.1) is 0 Å². The van der Waals surface area contributed by atoms with Crippen LogP contribution < -0.4 is 9.64 Å². The van der Waals surface area contributed by atoms with Gasteiger partial charge in [0.15, 0.2) is 11.6 Å². The number of amides is 1. The monoisotopic (exact) mass is 400 g/mol. The lowest BCUT2D eigenvalue weighted by atomic mass is 9.98. The minimum atomic E-state index is -0.539. The van der Waals surface area contributed by atoms with E-state index in [1.807, 2.05) is 46.8 Å². The molecule has 0 radical (unpaired) electrons. The van der Waals surface area contributed by atoms with Gasteiger partial charge in [0.1, 0.15) is 29.0 Å². The zero-order valence-corrected chi connectivity index (χ0v) is 17.8. The third-order valence-electron chi connectivity index (χ3n) is 4.81. The number of aromatic nitrogens is 1. The van der Waals surface area contributed by atoms with Crippen molar-refractivity contribution in [2.45, 2.75) is 44.9 Å². The Morgan fingerprint density at radius 1 is 1.48 bits per heavy atom. The first kappa shape index (κ1) is 20.7. The van der Waals surface area contributed by atoms with E-state index in [4.69, 9.17) is 9.47 Å². The molecule has 0 aromatic carbocycles. The van der Waals surface area contributed by atoms with Crippen molar-refractivity contribution >= 4 is 23.9 Å².